The molecule has 6 heteroatoms. The fourth-order valence-electron chi connectivity index (χ4n) is 0.886. The van der Waals surface area contributed by atoms with E-state index >= 15 is 0 Å². The Hall–Kier alpha value is -1.17. The van der Waals surface area contributed by atoms with E-state index in [-0.39, 0.29) is 16.6 Å². The van der Waals surface area contributed by atoms with Crippen molar-refractivity contribution in [2.24, 2.45) is 0 Å². The molecule has 1 rings (SSSR count). The molecule has 3 nitrogen and oxygen atoms in total. The number of hydrogen-bond donors (Lipinski definition) is 1. The van der Waals surface area contributed by atoms with Gasteiger partial charge in [0, 0.05) is 11.8 Å². The molecular formula is C9H9F2NO2S. The molecule has 0 radical (unpaired) electrons. The van der Waals surface area contributed by atoms with E-state index in [1.54, 1.807) is 0 Å². The minimum absolute atomic E-state index is 0.00336. The molecule has 0 fully saturated rings. The molecule has 0 N–H and O–H groups in total. The number of alkyl halides is 2. The number of thiol groups is 1. The third kappa shape index (κ3) is 3.47. The van der Waals surface area contributed by atoms with Gasteiger partial charge in [0.25, 0.3) is 6.43 Å². The minimum atomic E-state index is -2.56. The molecule has 0 aliphatic rings. The van der Waals surface area contributed by atoms with Crippen LogP contribution in [0.25, 0.3) is 0 Å². The Balaban J connectivity index is 2.79. The fourth-order valence-corrected chi connectivity index (χ4v) is 1.15. The second-order valence-electron chi connectivity index (χ2n) is 2.81. The van der Waals surface area contributed by atoms with Crippen molar-refractivity contribution in [3.8, 4) is 5.88 Å². The van der Waals surface area contributed by atoms with Crippen molar-refractivity contribution in [1.82, 2.24) is 4.98 Å². The maximum Gasteiger partial charge on any atom is 0.272 e. The van der Waals surface area contributed by atoms with Crippen LogP contribution in [-0.2, 0) is 0 Å². The highest BCUT2D eigenvalue weighted by Gasteiger charge is 2.09. The average Bonchev–Trinajstić information content (AvgIpc) is 2.15. The summed E-state index contributed by atoms with van der Waals surface area (Å²) in [5, 5.41) is 0. The van der Waals surface area contributed by atoms with Gasteiger partial charge in [-0.25, -0.2) is 13.8 Å². The standard InChI is InChI=1S/C9H9F2NO2S/c1-5(13)6-2-7(15)9(12-3-6)14-4-8(10)11/h2-3,8,15H,4H2,1H3. The van der Waals surface area contributed by atoms with Crippen LogP contribution >= 0.6 is 12.6 Å². The molecule has 0 saturated heterocycles. The highest BCUT2D eigenvalue weighted by Crippen LogP contribution is 2.21. The van der Waals surface area contributed by atoms with E-state index < -0.39 is 13.0 Å². The van der Waals surface area contributed by atoms with E-state index in [1.165, 1.54) is 19.2 Å². The summed E-state index contributed by atoms with van der Waals surface area (Å²) in [5.41, 5.74) is 0.365. The van der Waals surface area contributed by atoms with Gasteiger partial charge in [0.05, 0.1) is 4.90 Å². The van der Waals surface area contributed by atoms with Crippen molar-refractivity contribution in [1.29, 1.82) is 0 Å². The Bertz CT molecular complexity index is 371. The van der Waals surface area contributed by atoms with Gasteiger partial charge in [-0.3, -0.25) is 4.79 Å². The van der Waals surface area contributed by atoms with Gasteiger partial charge in [-0.2, -0.15) is 0 Å². The van der Waals surface area contributed by atoms with Gasteiger partial charge in [-0.1, -0.05) is 0 Å². The van der Waals surface area contributed by atoms with Crippen LogP contribution in [0, 0.1) is 0 Å². The molecular weight excluding hydrogens is 224 g/mol. The Labute approximate surface area is 90.9 Å². The lowest BCUT2D eigenvalue weighted by Crippen LogP contribution is -2.09. The molecule has 15 heavy (non-hydrogen) atoms. The Morgan fingerprint density at radius 2 is 2.33 bits per heavy atom. The molecule has 0 unspecified atom stereocenters. The number of ketones is 1. The summed E-state index contributed by atoms with van der Waals surface area (Å²) in [7, 11) is 0. The summed E-state index contributed by atoms with van der Waals surface area (Å²) in [5.74, 6) is -0.165. The van der Waals surface area contributed by atoms with Gasteiger partial charge >= 0.3 is 0 Å². The molecule has 0 aliphatic carbocycles. The van der Waals surface area contributed by atoms with Crippen LogP contribution in [0.5, 0.6) is 5.88 Å². The van der Waals surface area contributed by atoms with E-state index in [0.29, 0.717) is 5.56 Å². The van der Waals surface area contributed by atoms with Crippen LogP contribution in [0.4, 0.5) is 8.78 Å². The fraction of sp³-hybridized carbons (Fsp3) is 0.333. The highest BCUT2D eigenvalue weighted by atomic mass is 32.1. The van der Waals surface area contributed by atoms with Crippen LogP contribution in [-0.4, -0.2) is 23.8 Å². The number of carbonyl (C=O) groups is 1. The van der Waals surface area contributed by atoms with Gasteiger partial charge in [0.15, 0.2) is 12.4 Å². The highest BCUT2D eigenvalue weighted by molar-refractivity contribution is 7.80. The van der Waals surface area contributed by atoms with Crippen molar-refractivity contribution in [3.05, 3.63) is 17.8 Å². The van der Waals surface area contributed by atoms with Crippen molar-refractivity contribution < 1.29 is 18.3 Å². The van der Waals surface area contributed by atoms with Gasteiger partial charge in [-0.05, 0) is 13.0 Å². The lowest BCUT2D eigenvalue weighted by atomic mass is 10.2. The van der Waals surface area contributed by atoms with E-state index in [4.69, 9.17) is 0 Å². The van der Waals surface area contributed by atoms with E-state index in [1.807, 2.05) is 0 Å². The van der Waals surface area contributed by atoms with Gasteiger partial charge in [0.1, 0.15) is 0 Å². The SMILES string of the molecule is CC(=O)c1cnc(OCC(F)F)c(S)c1. The van der Waals surface area contributed by atoms with Crippen molar-refractivity contribution in [2.75, 3.05) is 6.61 Å². The Morgan fingerprint density at radius 3 is 2.80 bits per heavy atom. The normalized spacial score (nSPS) is 10.5. The first kappa shape index (κ1) is 11.9. The monoisotopic (exact) mass is 233 g/mol. The van der Waals surface area contributed by atoms with E-state index in [9.17, 15) is 13.6 Å². The van der Waals surface area contributed by atoms with Crippen molar-refractivity contribution in [3.63, 3.8) is 0 Å². The summed E-state index contributed by atoms with van der Waals surface area (Å²) >= 11 is 3.98. The van der Waals surface area contributed by atoms with E-state index in [0.717, 1.165) is 0 Å². The number of Topliss-reactive ketones (excluding diaryl/α,β-unsaturated/α-hetero) is 1. The molecule has 1 aromatic heterocycles. The molecule has 0 aliphatic heterocycles. The predicted octanol–water partition coefficient (Wildman–Crippen LogP) is 2.22. The summed E-state index contributed by atoms with van der Waals surface area (Å²) in [6.45, 7) is 0.643. The minimum Gasteiger partial charge on any atom is -0.471 e. The molecule has 0 aromatic carbocycles. The molecule has 1 aromatic rings. The zero-order valence-corrected chi connectivity index (χ0v) is 8.80. The van der Waals surface area contributed by atoms with Crippen LogP contribution in [0.3, 0.4) is 0 Å². The van der Waals surface area contributed by atoms with Crippen molar-refractivity contribution in [2.45, 2.75) is 18.2 Å². The molecule has 82 valence electrons. The molecule has 0 atom stereocenters. The third-order valence-corrected chi connectivity index (χ3v) is 1.91. The number of nitrogens with zero attached hydrogens (tertiary/aromatic N) is 1. The first-order chi connectivity index (χ1) is 7.00. The number of carbonyl (C=O) groups excluding carboxylic acids is 1. The largest absolute Gasteiger partial charge is 0.471 e. The number of halogens is 2. The first-order valence-electron chi connectivity index (χ1n) is 4.11. The summed E-state index contributed by atoms with van der Waals surface area (Å²) < 4.78 is 28.3. The average molecular weight is 233 g/mol. The summed E-state index contributed by atoms with van der Waals surface area (Å²) in [6.07, 6.45) is -1.30. The number of rotatable bonds is 4. The van der Waals surface area contributed by atoms with E-state index in [2.05, 4.69) is 22.3 Å². The second-order valence-corrected chi connectivity index (χ2v) is 3.29. The zero-order valence-electron chi connectivity index (χ0n) is 7.91. The molecule has 0 bridgehead atoms. The number of hydrogen-bond acceptors (Lipinski definition) is 4. The molecule has 0 amide bonds. The predicted molar refractivity (Wildman–Crippen MR) is 53.0 cm³/mol. The first-order valence-corrected chi connectivity index (χ1v) is 4.56. The van der Waals surface area contributed by atoms with Crippen molar-refractivity contribution >= 4 is 18.4 Å². The lowest BCUT2D eigenvalue weighted by Gasteiger charge is -2.07. The van der Waals surface area contributed by atoms with Gasteiger partial charge in [-0.15, -0.1) is 12.6 Å². The van der Waals surface area contributed by atoms with Crippen LogP contribution in [0.1, 0.15) is 17.3 Å². The number of pyridine rings is 1. The molecule has 1 heterocycles. The zero-order chi connectivity index (χ0) is 11.4. The maximum absolute atomic E-state index is 11.8. The Morgan fingerprint density at radius 1 is 1.67 bits per heavy atom. The van der Waals surface area contributed by atoms with Crippen LogP contribution < -0.4 is 4.74 Å². The maximum atomic E-state index is 11.8. The molecule has 0 spiro atoms. The lowest BCUT2D eigenvalue weighted by molar-refractivity contribution is 0.0780. The summed E-state index contributed by atoms with van der Waals surface area (Å²) in [4.78, 5) is 14.9. The van der Waals surface area contributed by atoms with Gasteiger partial charge in [0.2, 0.25) is 5.88 Å². The van der Waals surface area contributed by atoms with Crippen LogP contribution in [0.2, 0.25) is 0 Å². The number of aromatic nitrogens is 1. The quantitative estimate of drug-likeness (QED) is 0.640. The van der Waals surface area contributed by atoms with Crippen LogP contribution in [0.15, 0.2) is 17.2 Å². The summed E-state index contributed by atoms with van der Waals surface area (Å²) in [6, 6.07) is 1.43. The topological polar surface area (TPSA) is 39.2 Å². The second kappa shape index (κ2) is 5.06. The molecule has 0 saturated carbocycles. The smallest absolute Gasteiger partial charge is 0.272 e. The van der Waals surface area contributed by atoms with Gasteiger partial charge < -0.3 is 4.74 Å². The third-order valence-electron chi connectivity index (χ3n) is 1.58. The Kier molecular flexibility index (Phi) is 4.02. The number of ether oxygens (including phenoxy) is 1.